The van der Waals surface area contributed by atoms with E-state index in [2.05, 4.69) is 153 Å². The fourth-order valence-corrected chi connectivity index (χ4v) is 5.33. The Morgan fingerprint density at radius 2 is 0.922 bits per heavy atom. The molecule has 1 aliphatic heterocycles. The van der Waals surface area contributed by atoms with Gasteiger partial charge in [0.25, 0.3) is 0 Å². The average molecular weight is 1070 g/mol. The van der Waals surface area contributed by atoms with Crippen LogP contribution in [0.25, 0.3) is 0 Å². The van der Waals surface area contributed by atoms with Gasteiger partial charge in [0.15, 0.2) is 0 Å². The number of carbonyl (C=O) groups is 1. The van der Waals surface area contributed by atoms with Gasteiger partial charge in [-0.05, 0) is 104 Å². The monoisotopic (exact) mass is 1070 g/mol. The van der Waals surface area contributed by atoms with Crippen molar-refractivity contribution in [3.63, 3.8) is 0 Å². The summed E-state index contributed by atoms with van der Waals surface area (Å²) >= 11 is 0. The van der Waals surface area contributed by atoms with E-state index in [1.54, 1.807) is 43.6 Å². The van der Waals surface area contributed by atoms with E-state index >= 15 is 0 Å². The molecular formula is C64H115N11O2. The first-order chi connectivity index (χ1) is 36.8. The van der Waals surface area contributed by atoms with Crippen LogP contribution in [0.15, 0.2) is 116 Å². The molecule has 1 amide bonds. The molecule has 0 aliphatic carbocycles. The fraction of sp³-hybridized carbons (Fsp3) is 0.594. The third-order valence-corrected chi connectivity index (χ3v) is 9.65. The van der Waals surface area contributed by atoms with Crippen LogP contribution < -0.4 is 0 Å². The van der Waals surface area contributed by atoms with E-state index in [1.807, 2.05) is 163 Å². The van der Waals surface area contributed by atoms with Crippen LogP contribution in [0, 0.1) is 6.92 Å². The number of nitrogens with zero attached hydrogens (tertiary/aromatic N) is 11. The molecule has 6 aromatic heterocycles. The Morgan fingerprint density at radius 3 is 1.21 bits per heavy atom. The number of piperazine rings is 1. The van der Waals surface area contributed by atoms with Gasteiger partial charge in [0, 0.05) is 92.9 Å². The third kappa shape index (κ3) is 46.0. The highest BCUT2D eigenvalue weighted by molar-refractivity contribution is 5.79. The number of amides is 1. The fourth-order valence-electron chi connectivity index (χ4n) is 5.33. The van der Waals surface area contributed by atoms with Crippen LogP contribution in [0.3, 0.4) is 0 Å². The molecule has 1 fully saturated rings. The van der Waals surface area contributed by atoms with Crippen LogP contribution in [-0.4, -0.2) is 93.5 Å². The molecule has 13 nitrogen and oxygen atoms in total. The molecule has 0 spiro atoms. The number of aromatic nitrogens is 9. The Kier molecular flexibility index (Phi) is 62.0. The molecule has 0 atom stereocenters. The second kappa shape index (κ2) is 57.9. The molecule has 77 heavy (non-hydrogen) atoms. The average Bonchev–Trinajstić information content (AvgIpc) is 3.93. The molecule has 7 heterocycles. The smallest absolute Gasteiger partial charge is 0.237 e. The van der Waals surface area contributed by atoms with Gasteiger partial charge in [0.1, 0.15) is 18.4 Å². The maximum atomic E-state index is 11.3. The number of rotatable bonds is 7. The first-order valence-corrected chi connectivity index (χ1v) is 28.8. The number of hydrogen-bond donors (Lipinski definition) is 0. The Balaban J connectivity index is -0.000000185. The van der Waals surface area contributed by atoms with Gasteiger partial charge in [-0.2, -0.15) is 0 Å². The van der Waals surface area contributed by atoms with E-state index in [0.29, 0.717) is 48.1 Å². The first kappa shape index (κ1) is 82.5. The van der Waals surface area contributed by atoms with Gasteiger partial charge in [-0.15, -0.1) is 0 Å². The molecule has 0 unspecified atom stereocenters. The van der Waals surface area contributed by atoms with Crippen molar-refractivity contribution in [1.82, 2.24) is 54.8 Å². The lowest BCUT2D eigenvalue weighted by Crippen LogP contribution is -2.51. The molecule has 0 bridgehead atoms. The molecular weight excluding hydrogens is 955 g/mol. The predicted molar refractivity (Wildman–Crippen MR) is 333 cm³/mol. The summed E-state index contributed by atoms with van der Waals surface area (Å²) in [7, 11) is 1.98. The highest BCUT2D eigenvalue weighted by Crippen LogP contribution is 2.14. The maximum Gasteiger partial charge on any atom is 0.237 e. The van der Waals surface area contributed by atoms with Crippen molar-refractivity contribution in [3.8, 4) is 0 Å². The van der Waals surface area contributed by atoms with Crippen LogP contribution in [0.2, 0.25) is 0 Å². The van der Waals surface area contributed by atoms with Crippen LogP contribution in [-0.2, 0) is 4.79 Å². The lowest BCUT2D eigenvalue weighted by Gasteiger charge is -2.34. The predicted octanol–water partition coefficient (Wildman–Crippen LogP) is 17.6. The zero-order chi connectivity index (χ0) is 60.7. The SMILES string of the molecule is CC.CC.CC.CC.CC.CC.CC(C)N1CCN(C)CC1=O.CC(C)c1cccnc1.CC(C)c1ccncc1.CC(C)c1ccncn1.CC(C)c1cnccn1.CC(C)c1cncnc1.Cc1cc(C(C)C)no1. The minimum atomic E-state index is 0.258. The zero-order valence-corrected chi connectivity index (χ0v) is 54.3. The summed E-state index contributed by atoms with van der Waals surface area (Å²) in [6.07, 6.45) is 21.1. The van der Waals surface area contributed by atoms with Crippen LogP contribution >= 0.6 is 0 Å². The van der Waals surface area contributed by atoms with Crippen molar-refractivity contribution < 1.29 is 9.32 Å². The molecule has 0 aromatic carbocycles. The Hall–Kier alpha value is -5.82. The van der Waals surface area contributed by atoms with E-state index in [4.69, 9.17) is 4.52 Å². The third-order valence-electron chi connectivity index (χ3n) is 9.65. The minimum Gasteiger partial charge on any atom is -0.361 e. The molecule has 1 aliphatic rings. The molecule has 13 heteroatoms. The maximum absolute atomic E-state index is 11.3. The van der Waals surface area contributed by atoms with Crippen LogP contribution in [0.1, 0.15) is 255 Å². The highest BCUT2D eigenvalue weighted by Gasteiger charge is 2.22. The topological polar surface area (TPSA) is 153 Å². The zero-order valence-electron chi connectivity index (χ0n) is 54.3. The van der Waals surface area contributed by atoms with E-state index < -0.39 is 0 Å². The van der Waals surface area contributed by atoms with Crippen molar-refractivity contribution in [3.05, 3.63) is 151 Å². The number of aryl methyl sites for hydroxylation is 1. The summed E-state index contributed by atoms with van der Waals surface area (Å²) in [4.78, 5) is 47.0. The number of carbonyl (C=O) groups excluding carboxylic acids is 1. The van der Waals surface area contributed by atoms with E-state index in [-0.39, 0.29) is 5.91 Å². The van der Waals surface area contributed by atoms with Crippen molar-refractivity contribution in [2.75, 3.05) is 26.7 Å². The summed E-state index contributed by atoms with van der Waals surface area (Å²) in [5.74, 6) is 4.36. The van der Waals surface area contributed by atoms with Gasteiger partial charge in [-0.1, -0.05) is 177 Å². The van der Waals surface area contributed by atoms with Gasteiger partial charge >= 0.3 is 0 Å². The van der Waals surface area contributed by atoms with Crippen molar-refractivity contribution in [2.24, 2.45) is 0 Å². The molecule has 7 rings (SSSR count). The van der Waals surface area contributed by atoms with E-state index in [9.17, 15) is 4.79 Å². The molecule has 6 aromatic rings. The Labute approximate surface area is 473 Å². The van der Waals surface area contributed by atoms with Gasteiger partial charge in [-0.25, -0.2) is 19.9 Å². The highest BCUT2D eigenvalue weighted by atomic mass is 16.5. The lowest BCUT2D eigenvalue weighted by molar-refractivity contribution is -0.137. The Bertz CT molecular complexity index is 1780. The molecule has 438 valence electrons. The second-order valence-electron chi connectivity index (χ2n) is 17.7. The van der Waals surface area contributed by atoms with E-state index in [1.165, 1.54) is 16.7 Å². The summed E-state index contributed by atoms with van der Waals surface area (Å²) < 4.78 is 4.88. The summed E-state index contributed by atoms with van der Waals surface area (Å²) in [6, 6.07) is 12.4. The molecule has 0 N–H and O–H groups in total. The van der Waals surface area contributed by atoms with E-state index in [0.717, 1.165) is 35.9 Å². The normalized spacial score (nSPS) is 10.7. The lowest BCUT2D eigenvalue weighted by atomic mass is 10.1. The minimum absolute atomic E-state index is 0.258. The van der Waals surface area contributed by atoms with Gasteiger partial charge in [-0.3, -0.25) is 29.6 Å². The molecule has 0 radical (unpaired) electrons. The number of hydrogen-bond acceptors (Lipinski definition) is 12. The van der Waals surface area contributed by atoms with Gasteiger partial charge in [0.05, 0.1) is 17.9 Å². The van der Waals surface area contributed by atoms with Crippen molar-refractivity contribution in [2.45, 2.75) is 228 Å². The molecule has 1 saturated heterocycles. The van der Waals surface area contributed by atoms with Crippen molar-refractivity contribution in [1.29, 1.82) is 0 Å². The Morgan fingerprint density at radius 1 is 0.442 bits per heavy atom. The second-order valence-corrected chi connectivity index (χ2v) is 17.7. The number of likely N-dealkylation sites (N-methyl/N-ethyl adjacent to an activating group) is 1. The largest absolute Gasteiger partial charge is 0.361 e. The van der Waals surface area contributed by atoms with Crippen LogP contribution in [0.5, 0.6) is 0 Å². The first-order valence-electron chi connectivity index (χ1n) is 28.8. The quantitative estimate of drug-likeness (QED) is 0.150. The van der Waals surface area contributed by atoms with Crippen molar-refractivity contribution >= 4 is 5.91 Å². The van der Waals surface area contributed by atoms with Gasteiger partial charge in [0.2, 0.25) is 5.91 Å². The van der Waals surface area contributed by atoms with Crippen LogP contribution in [0.4, 0.5) is 0 Å². The van der Waals surface area contributed by atoms with Gasteiger partial charge < -0.3 is 9.42 Å². The standard InChI is InChI=1S/C8H16N2O.2C8H11N.3C7H10N2.C7H11NO.6C2H6/c1-7(2)10-5-4-9(3)6-8(10)11;1-7(2)8-3-5-9-6-4-8;1-7(2)8-4-3-5-9-6-8;1-6(2)7-3-8-5-9-4-7;1-6(2)7-5-8-3-4-9-7;1-6(2)7-3-4-8-5-9-7;1-5(2)7-4-6(3)9-8-7;6*1-2/h7H,4-6H2,1-3H3;2*3-7H,1-2H3;3*3-6H,1-2H3;4-5H,1-3H3;6*1-2H3. The summed E-state index contributed by atoms with van der Waals surface area (Å²) in [5.41, 5.74) is 7.04. The summed E-state index contributed by atoms with van der Waals surface area (Å²) in [5, 5.41) is 3.84. The number of pyridine rings is 2. The summed E-state index contributed by atoms with van der Waals surface area (Å²) in [6.45, 7) is 58.0. The molecule has 0 saturated carbocycles.